The van der Waals surface area contributed by atoms with Crippen molar-refractivity contribution in [1.82, 2.24) is 5.32 Å². The SMILES string of the molecule is CCC(COC)NC(=O)c1cc(C)cc(S(=O)(=O)Cl)c1. The summed E-state index contributed by atoms with van der Waals surface area (Å²) in [6.45, 7) is 4.03. The van der Waals surface area contributed by atoms with Crippen molar-refractivity contribution in [2.45, 2.75) is 31.2 Å². The largest absolute Gasteiger partial charge is 0.383 e. The predicted molar refractivity (Wildman–Crippen MR) is 77.6 cm³/mol. The summed E-state index contributed by atoms with van der Waals surface area (Å²) in [7, 11) is 3.01. The van der Waals surface area contributed by atoms with Crippen LogP contribution in [0.1, 0.15) is 29.3 Å². The van der Waals surface area contributed by atoms with Crippen LogP contribution in [0.5, 0.6) is 0 Å². The number of methoxy groups -OCH3 is 1. The molecule has 0 fully saturated rings. The van der Waals surface area contributed by atoms with Gasteiger partial charge in [0.25, 0.3) is 15.0 Å². The smallest absolute Gasteiger partial charge is 0.261 e. The molecule has 1 amide bonds. The maximum Gasteiger partial charge on any atom is 0.261 e. The first-order valence-corrected chi connectivity index (χ1v) is 8.45. The van der Waals surface area contributed by atoms with Crippen LogP contribution in [0.4, 0.5) is 0 Å². The van der Waals surface area contributed by atoms with E-state index in [4.69, 9.17) is 15.4 Å². The molecule has 1 rings (SSSR count). The Labute approximate surface area is 123 Å². The summed E-state index contributed by atoms with van der Waals surface area (Å²) in [6, 6.07) is 4.18. The van der Waals surface area contributed by atoms with Gasteiger partial charge in [-0.05, 0) is 37.1 Å². The van der Waals surface area contributed by atoms with Crippen molar-refractivity contribution in [2.75, 3.05) is 13.7 Å². The van der Waals surface area contributed by atoms with E-state index in [2.05, 4.69) is 5.32 Å². The van der Waals surface area contributed by atoms with Crippen molar-refractivity contribution in [3.63, 3.8) is 0 Å². The van der Waals surface area contributed by atoms with Crippen molar-refractivity contribution in [3.8, 4) is 0 Å². The normalized spacial score (nSPS) is 13.0. The summed E-state index contributed by atoms with van der Waals surface area (Å²) in [4.78, 5) is 12.0. The number of hydrogen-bond acceptors (Lipinski definition) is 4. The molecule has 1 N–H and O–H groups in total. The van der Waals surface area contributed by atoms with E-state index in [0.29, 0.717) is 18.6 Å². The minimum atomic E-state index is -3.86. The number of carbonyl (C=O) groups is 1. The number of halogens is 1. The number of benzene rings is 1. The van der Waals surface area contributed by atoms with Gasteiger partial charge in [-0.1, -0.05) is 6.92 Å². The lowest BCUT2D eigenvalue weighted by atomic mass is 10.1. The van der Waals surface area contributed by atoms with Crippen molar-refractivity contribution in [2.24, 2.45) is 0 Å². The van der Waals surface area contributed by atoms with Crippen molar-refractivity contribution >= 4 is 25.6 Å². The Balaban J connectivity index is 3.02. The summed E-state index contributed by atoms with van der Waals surface area (Å²) >= 11 is 0. The van der Waals surface area contributed by atoms with Gasteiger partial charge in [0.15, 0.2) is 0 Å². The lowest BCUT2D eigenvalue weighted by molar-refractivity contribution is 0.0894. The molecule has 0 bridgehead atoms. The van der Waals surface area contributed by atoms with Crippen molar-refractivity contribution < 1.29 is 17.9 Å². The zero-order valence-corrected chi connectivity index (χ0v) is 13.2. The van der Waals surface area contributed by atoms with Gasteiger partial charge in [-0.25, -0.2) is 8.42 Å². The quantitative estimate of drug-likeness (QED) is 0.815. The molecular formula is C13H18ClNO4S. The minimum absolute atomic E-state index is 0.0795. The second-order valence-corrected chi connectivity index (χ2v) is 7.07. The van der Waals surface area contributed by atoms with Gasteiger partial charge in [0.05, 0.1) is 17.5 Å². The molecule has 0 aliphatic heterocycles. The van der Waals surface area contributed by atoms with Gasteiger partial charge < -0.3 is 10.1 Å². The molecule has 20 heavy (non-hydrogen) atoms. The van der Waals surface area contributed by atoms with E-state index in [0.717, 1.165) is 0 Å². The number of ether oxygens (including phenoxy) is 1. The second-order valence-electron chi connectivity index (χ2n) is 4.51. The predicted octanol–water partition coefficient (Wildman–Crippen LogP) is 2.08. The molecule has 0 aliphatic carbocycles. The topological polar surface area (TPSA) is 72.5 Å². The monoisotopic (exact) mass is 319 g/mol. The highest BCUT2D eigenvalue weighted by Crippen LogP contribution is 2.19. The van der Waals surface area contributed by atoms with Gasteiger partial charge in [-0.2, -0.15) is 0 Å². The lowest BCUT2D eigenvalue weighted by Gasteiger charge is -2.16. The Kier molecular flexibility index (Phi) is 5.98. The molecule has 0 heterocycles. The summed E-state index contributed by atoms with van der Waals surface area (Å²) in [6.07, 6.45) is 0.714. The fraction of sp³-hybridized carbons (Fsp3) is 0.462. The molecule has 1 aromatic carbocycles. The van der Waals surface area contributed by atoms with Crippen LogP contribution in [0, 0.1) is 6.92 Å². The van der Waals surface area contributed by atoms with E-state index < -0.39 is 9.05 Å². The molecule has 1 aromatic rings. The maximum absolute atomic E-state index is 12.1. The fourth-order valence-electron chi connectivity index (χ4n) is 1.75. The van der Waals surface area contributed by atoms with E-state index in [1.165, 1.54) is 12.1 Å². The van der Waals surface area contributed by atoms with Crippen LogP contribution in [0.3, 0.4) is 0 Å². The number of hydrogen-bond donors (Lipinski definition) is 1. The summed E-state index contributed by atoms with van der Waals surface area (Å²) in [5, 5.41) is 2.79. The molecule has 0 saturated carbocycles. The van der Waals surface area contributed by atoms with Crippen molar-refractivity contribution in [3.05, 3.63) is 29.3 Å². The third kappa shape index (κ3) is 4.77. The van der Waals surface area contributed by atoms with Crippen LogP contribution >= 0.6 is 10.7 Å². The Morgan fingerprint density at radius 1 is 1.40 bits per heavy atom. The van der Waals surface area contributed by atoms with Crippen molar-refractivity contribution in [1.29, 1.82) is 0 Å². The van der Waals surface area contributed by atoms with E-state index in [9.17, 15) is 13.2 Å². The molecule has 5 nitrogen and oxygen atoms in total. The molecule has 1 atom stereocenters. The summed E-state index contributed by atoms with van der Waals surface area (Å²) in [5.41, 5.74) is 0.912. The van der Waals surface area contributed by atoms with Crippen LogP contribution < -0.4 is 5.32 Å². The number of carbonyl (C=O) groups excluding carboxylic acids is 1. The minimum Gasteiger partial charge on any atom is -0.383 e. The highest BCUT2D eigenvalue weighted by atomic mass is 35.7. The molecular weight excluding hydrogens is 302 g/mol. The van der Waals surface area contributed by atoms with Gasteiger partial charge in [-0.15, -0.1) is 0 Å². The summed E-state index contributed by atoms with van der Waals surface area (Å²) in [5.74, 6) is -0.348. The Morgan fingerprint density at radius 2 is 2.05 bits per heavy atom. The lowest BCUT2D eigenvalue weighted by Crippen LogP contribution is -2.37. The van der Waals surface area contributed by atoms with Gasteiger partial charge in [0, 0.05) is 23.4 Å². The second kappa shape index (κ2) is 7.06. The molecule has 0 saturated heterocycles. The number of nitrogens with one attached hydrogen (secondary N) is 1. The number of amides is 1. The Hall–Kier alpha value is -1.11. The molecule has 0 aromatic heterocycles. The third-order valence-corrected chi connectivity index (χ3v) is 4.12. The number of aryl methyl sites for hydroxylation is 1. The van der Waals surface area contributed by atoms with Crippen LogP contribution in [0.2, 0.25) is 0 Å². The maximum atomic E-state index is 12.1. The average Bonchev–Trinajstić information content (AvgIpc) is 2.36. The molecule has 1 unspecified atom stereocenters. The highest BCUT2D eigenvalue weighted by molar-refractivity contribution is 8.13. The van der Waals surface area contributed by atoms with Gasteiger partial charge in [0.2, 0.25) is 0 Å². The molecule has 0 radical (unpaired) electrons. The number of rotatable bonds is 6. The standard InChI is InChI=1S/C13H18ClNO4S/c1-4-11(8-19-3)15-13(16)10-5-9(2)6-12(7-10)20(14,17)18/h5-7,11H,4,8H2,1-3H3,(H,15,16). The van der Waals surface area contributed by atoms with Gasteiger partial charge in [-0.3, -0.25) is 4.79 Å². The highest BCUT2D eigenvalue weighted by Gasteiger charge is 2.17. The first-order chi connectivity index (χ1) is 9.27. The first kappa shape index (κ1) is 16.9. The van der Waals surface area contributed by atoms with E-state index in [1.807, 2.05) is 6.92 Å². The van der Waals surface area contributed by atoms with Crippen LogP contribution in [-0.2, 0) is 13.8 Å². The van der Waals surface area contributed by atoms with Crippen LogP contribution in [-0.4, -0.2) is 34.1 Å². The zero-order chi connectivity index (χ0) is 15.3. The average molecular weight is 320 g/mol. The molecule has 7 heteroatoms. The van der Waals surface area contributed by atoms with E-state index in [-0.39, 0.29) is 22.4 Å². The molecule has 0 spiro atoms. The van der Waals surface area contributed by atoms with Crippen LogP contribution in [0.15, 0.2) is 23.1 Å². The first-order valence-electron chi connectivity index (χ1n) is 6.14. The van der Waals surface area contributed by atoms with E-state index >= 15 is 0 Å². The van der Waals surface area contributed by atoms with Gasteiger partial charge in [0.1, 0.15) is 0 Å². The van der Waals surface area contributed by atoms with Gasteiger partial charge >= 0.3 is 0 Å². The molecule has 0 aliphatic rings. The Bertz CT molecular complexity index is 586. The fourth-order valence-corrected chi connectivity index (χ4v) is 2.61. The van der Waals surface area contributed by atoms with E-state index in [1.54, 1.807) is 20.1 Å². The summed E-state index contributed by atoms with van der Waals surface area (Å²) < 4.78 is 27.7. The Morgan fingerprint density at radius 3 is 2.55 bits per heavy atom. The third-order valence-electron chi connectivity index (χ3n) is 2.79. The van der Waals surface area contributed by atoms with Crippen LogP contribution in [0.25, 0.3) is 0 Å². The molecule has 112 valence electrons. The zero-order valence-electron chi connectivity index (χ0n) is 11.6.